The van der Waals surface area contributed by atoms with Crippen LogP contribution in [0.2, 0.25) is 0 Å². The zero-order valence-electron chi connectivity index (χ0n) is 20.4. The smallest absolute Gasteiger partial charge is 0.227 e. The minimum absolute atomic E-state index is 0.0529. The number of amides is 1. The number of aliphatic hydroxyl groups is 1. The standard InChI is InChI=1S/C29H31N3O3/c1-19-7-6-8-23(14-19)31-16-22(15-28(31)34)29-30-25-9-4-5-10-26(25)32(29)17-24(33)18-35-27-12-11-20(2)13-21(27)3/h4-14,22,24,33H,15-18H2,1-3H3/t22-,24+/m1/s1. The lowest BCUT2D eigenvalue weighted by atomic mass is 10.1. The minimum Gasteiger partial charge on any atom is -0.491 e. The molecule has 1 aliphatic rings. The molecule has 5 rings (SSSR count). The Morgan fingerprint density at radius 2 is 1.83 bits per heavy atom. The number of aliphatic hydroxyl groups excluding tert-OH is 1. The molecule has 1 aromatic heterocycles. The van der Waals surface area contributed by atoms with Crippen LogP contribution in [0.4, 0.5) is 5.69 Å². The van der Waals surface area contributed by atoms with Gasteiger partial charge in [0.25, 0.3) is 0 Å². The molecule has 6 heteroatoms. The summed E-state index contributed by atoms with van der Waals surface area (Å²) in [6.45, 7) is 7.17. The molecule has 0 bridgehead atoms. The molecule has 6 nitrogen and oxygen atoms in total. The summed E-state index contributed by atoms with van der Waals surface area (Å²) >= 11 is 0. The van der Waals surface area contributed by atoms with E-state index in [1.54, 1.807) is 0 Å². The number of carbonyl (C=O) groups is 1. The molecule has 0 radical (unpaired) electrons. The first-order chi connectivity index (χ1) is 16.9. The van der Waals surface area contributed by atoms with E-state index in [4.69, 9.17) is 9.72 Å². The Bertz CT molecular complexity index is 1380. The molecule has 2 atom stereocenters. The Kier molecular flexibility index (Phi) is 6.31. The van der Waals surface area contributed by atoms with E-state index in [0.717, 1.165) is 39.4 Å². The number of para-hydroxylation sites is 2. The van der Waals surface area contributed by atoms with Crippen molar-refractivity contribution in [1.29, 1.82) is 0 Å². The summed E-state index contributed by atoms with van der Waals surface area (Å²) in [5, 5.41) is 10.9. The Morgan fingerprint density at radius 3 is 2.63 bits per heavy atom. The summed E-state index contributed by atoms with van der Waals surface area (Å²) in [4.78, 5) is 19.7. The van der Waals surface area contributed by atoms with Crippen LogP contribution in [0.5, 0.6) is 5.75 Å². The van der Waals surface area contributed by atoms with E-state index in [1.807, 2.05) is 86.3 Å². The van der Waals surface area contributed by atoms with Crippen molar-refractivity contribution >= 4 is 22.6 Å². The fourth-order valence-corrected chi connectivity index (χ4v) is 4.93. The van der Waals surface area contributed by atoms with Crippen molar-refractivity contribution in [2.45, 2.75) is 45.8 Å². The topological polar surface area (TPSA) is 67.6 Å². The lowest BCUT2D eigenvalue weighted by Gasteiger charge is -2.19. The van der Waals surface area contributed by atoms with Crippen molar-refractivity contribution in [2.24, 2.45) is 0 Å². The number of nitrogens with zero attached hydrogens (tertiary/aromatic N) is 3. The summed E-state index contributed by atoms with van der Waals surface area (Å²) in [6.07, 6.45) is -0.330. The highest BCUT2D eigenvalue weighted by atomic mass is 16.5. The van der Waals surface area contributed by atoms with Crippen LogP contribution < -0.4 is 9.64 Å². The number of benzene rings is 3. The molecule has 35 heavy (non-hydrogen) atoms. The third kappa shape index (κ3) is 4.80. The molecule has 1 fully saturated rings. The van der Waals surface area contributed by atoms with Crippen LogP contribution in [-0.2, 0) is 11.3 Å². The van der Waals surface area contributed by atoms with Crippen molar-refractivity contribution in [1.82, 2.24) is 9.55 Å². The van der Waals surface area contributed by atoms with Gasteiger partial charge in [0.1, 0.15) is 24.3 Å². The average Bonchev–Trinajstić information content (AvgIpc) is 3.39. The maximum atomic E-state index is 13.0. The number of anilines is 1. The largest absolute Gasteiger partial charge is 0.491 e. The molecular formula is C29H31N3O3. The number of rotatable bonds is 7. The molecule has 1 amide bonds. The summed E-state index contributed by atoms with van der Waals surface area (Å²) < 4.78 is 8.00. The highest BCUT2D eigenvalue weighted by Gasteiger charge is 2.35. The van der Waals surface area contributed by atoms with E-state index in [2.05, 4.69) is 10.6 Å². The number of hydrogen-bond donors (Lipinski definition) is 1. The Hall–Kier alpha value is -3.64. The second-order valence-electron chi connectivity index (χ2n) is 9.55. The van der Waals surface area contributed by atoms with Crippen molar-refractivity contribution in [3.8, 4) is 5.75 Å². The number of aromatic nitrogens is 2. The lowest BCUT2D eigenvalue weighted by Crippen LogP contribution is -2.26. The fourth-order valence-electron chi connectivity index (χ4n) is 4.93. The molecular weight excluding hydrogens is 438 g/mol. The molecule has 3 aromatic carbocycles. The molecule has 1 N–H and O–H groups in total. The van der Waals surface area contributed by atoms with Crippen LogP contribution in [0.25, 0.3) is 11.0 Å². The quantitative estimate of drug-likeness (QED) is 0.417. The predicted molar refractivity (Wildman–Crippen MR) is 138 cm³/mol. The number of fused-ring (bicyclic) bond motifs is 1. The van der Waals surface area contributed by atoms with Gasteiger partial charge < -0.3 is 19.3 Å². The predicted octanol–water partition coefficient (Wildman–Crippen LogP) is 4.92. The van der Waals surface area contributed by atoms with Gasteiger partial charge in [-0.15, -0.1) is 0 Å². The summed E-state index contributed by atoms with van der Waals surface area (Å²) in [7, 11) is 0. The van der Waals surface area contributed by atoms with Crippen LogP contribution in [0.15, 0.2) is 66.7 Å². The first kappa shape index (κ1) is 23.1. The first-order valence-electron chi connectivity index (χ1n) is 12.1. The van der Waals surface area contributed by atoms with Crippen molar-refractivity contribution in [2.75, 3.05) is 18.1 Å². The van der Waals surface area contributed by atoms with Gasteiger partial charge in [-0.3, -0.25) is 4.79 Å². The van der Waals surface area contributed by atoms with Gasteiger partial charge in [0.05, 0.1) is 17.6 Å². The Balaban J connectivity index is 1.38. The van der Waals surface area contributed by atoms with Crippen molar-refractivity contribution < 1.29 is 14.6 Å². The van der Waals surface area contributed by atoms with Gasteiger partial charge in [-0.25, -0.2) is 4.98 Å². The number of hydrogen-bond acceptors (Lipinski definition) is 4. The Morgan fingerprint density at radius 1 is 1.03 bits per heavy atom. The maximum absolute atomic E-state index is 13.0. The van der Waals surface area contributed by atoms with Gasteiger partial charge in [-0.1, -0.05) is 42.0 Å². The van der Waals surface area contributed by atoms with Crippen LogP contribution in [0.3, 0.4) is 0 Å². The van der Waals surface area contributed by atoms with E-state index in [-0.39, 0.29) is 18.4 Å². The fraction of sp³-hybridized carbons (Fsp3) is 0.310. The molecule has 1 aliphatic heterocycles. The molecule has 0 spiro atoms. The molecule has 0 saturated carbocycles. The van der Waals surface area contributed by atoms with Gasteiger partial charge in [0.2, 0.25) is 5.91 Å². The summed E-state index contributed by atoms with van der Waals surface area (Å²) in [5.41, 5.74) is 6.09. The van der Waals surface area contributed by atoms with Gasteiger partial charge in [-0.05, 0) is 62.2 Å². The molecule has 180 valence electrons. The van der Waals surface area contributed by atoms with E-state index in [0.29, 0.717) is 19.5 Å². The zero-order valence-corrected chi connectivity index (χ0v) is 20.4. The van der Waals surface area contributed by atoms with E-state index < -0.39 is 6.10 Å². The zero-order chi connectivity index (χ0) is 24.5. The molecule has 4 aromatic rings. The van der Waals surface area contributed by atoms with E-state index in [1.165, 1.54) is 5.56 Å². The average molecular weight is 470 g/mol. The highest BCUT2D eigenvalue weighted by molar-refractivity contribution is 5.96. The number of carbonyl (C=O) groups excluding carboxylic acids is 1. The van der Waals surface area contributed by atoms with Crippen LogP contribution in [0.1, 0.15) is 34.9 Å². The SMILES string of the molecule is Cc1cccc(N2C[C@H](c3nc4ccccc4n3C[C@H](O)COc3ccc(C)cc3C)CC2=O)c1. The van der Waals surface area contributed by atoms with E-state index >= 15 is 0 Å². The van der Waals surface area contributed by atoms with Crippen molar-refractivity contribution in [3.63, 3.8) is 0 Å². The van der Waals surface area contributed by atoms with Crippen LogP contribution in [0, 0.1) is 20.8 Å². The summed E-state index contributed by atoms with van der Waals surface area (Å²) in [6, 6.07) is 22.0. The monoisotopic (exact) mass is 469 g/mol. The molecule has 0 aliphatic carbocycles. The second-order valence-corrected chi connectivity index (χ2v) is 9.55. The van der Waals surface area contributed by atoms with E-state index in [9.17, 15) is 9.90 Å². The molecule has 2 heterocycles. The highest BCUT2D eigenvalue weighted by Crippen LogP contribution is 2.33. The van der Waals surface area contributed by atoms with Crippen molar-refractivity contribution in [3.05, 3.63) is 89.2 Å². The third-order valence-corrected chi connectivity index (χ3v) is 6.64. The maximum Gasteiger partial charge on any atom is 0.227 e. The number of aryl methyl sites for hydroxylation is 3. The molecule has 1 saturated heterocycles. The molecule has 0 unspecified atom stereocenters. The lowest BCUT2D eigenvalue weighted by molar-refractivity contribution is -0.117. The minimum atomic E-state index is -0.725. The number of ether oxygens (including phenoxy) is 1. The first-order valence-corrected chi connectivity index (χ1v) is 12.1. The van der Waals surface area contributed by atoms with Gasteiger partial charge in [0.15, 0.2) is 0 Å². The number of imidazole rings is 1. The van der Waals surface area contributed by atoms with Crippen LogP contribution >= 0.6 is 0 Å². The second kappa shape index (κ2) is 9.55. The normalized spacial score (nSPS) is 16.7. The van der Waals surface area contributed by atoms with Gasteiger partial charge >= 0.3 is 0 Å². The Labute approximate surface area is 205 Å². The van der Waals surface area contributed by atoms with Crippen LogP contribution in [-0.4, -0.2) is 39.8 Å². The van der Waals surface area contributed by atoms with Gasteiger partial charge in [0, 0.05) is 24.6 Å². The summed E-state index contributed by atoms with van der Waals surface area (Å²) in [5.74, 6) is 1.65. The van der Waals surface area contributed by atoms with Gasteiger partial charge in [-0.2, -0.15) is 0 Å². The third-order valence-electron chi connectivity index (χ3n) is 6.64.